The van der Waals surface area contributed by atoms with Crippen LogP contribution < -0.4 is 0 Å². The fourth-order valence-electron chi connectivity index (χ4n) is 7.40. The largest absolute Gasteiger partial charge is 0.393 e. The Morgan fingerprint density at radius 2 is 1.88 bits per heavy atom. The SMILES string of the molecule is C=C1/C(=C/C=C2\CCC[C@]3(C)[C@@H](C(C)CCCCC(O)(CC)CC)CC[C@@H]23)C[C@@H](O)C[C@@H]1O. The van der Waals surface area contributed by atoms with E-state index in [1.165, 1.54) is 44.9 Å². The van der Waals surface area contributed by atoms with Crippen molar-refractivity contribution in [3.63, 3.8) is 0 Å². The lowest BCUT2D eigenvalue weighted by atomic mass is 9.60. The standard InChI is InChI=1S/C30H50O3/c1-6-30(33,7-2)18-9-8-11-21(3)26-15-16-27-23(12-10-17-29(26,27)5)13-14-24-19-25(31)20-28(32)22(24)4/h13-14,21,25-28,31-33H,4,6-12,15-20H2,1-3,5H3/b23-13+,24-14+/t21?,25-,26-,27+,28+,29-/m1/s1. The summed E-state index contributed by atoms with van der Waals surface area (Å²) in [6.07, 6.45) is 17.1. The van der Waals surface area contributed by atoms with Gasteiger partial charge in [0.25, 0.3) is 0 Å². The molecule has 0 heterocycles. The molecule has 0 radical (unpaired) electrons. The number of allylic oxidation sites excluding steroid dienone is 3. The zero-order valence-corrected chi connectivity index (χ0v) is 21.8. The molecule has 3 rings (SSSR count). The molecule has 3 aliphatic rings. The van der Waals surface area contributed by atoms with Crippen molar-refractivity contribution < 1.29 is 15.3 Å². The lowest BCUT2D eigenvalue weighted by Gasteiger charge is -2.44. The maximum absolute atomic E-state index is 10.6. The highest BCUT2D eigenvalue weighted by Crippen LogP contribution is 2.60. The fraction of sp³-hybridized carbons (Fsp3) is 0.800. The predicted molar refractivity (Wildman–Crippen MR) is 138 cm³/mol. The normalized spacial score (nSPS) is 36.4. The van der Waals surface area contributed by atoms with Gasteiger partial charge in [-0.05, 0) is 92.1 Å². The Balaban J connectivity index is 1.62. The van der Waals surface area contributed by atoms with Gasteiger partial charge in [-0.15, -0.1) is 0 Å². The van der Waals surface area contributed by atoms with Crippen molar-refractivity contribution in [3.05, 3.63) is 35.5 Å². The Labute approximate surface area is 203 Å². The Bertz CT molecular complexity index is 731. The van der Waals surface area contributed by atoms with Crippen molar-refractivity contribution in [3.8, 4) is 0 Å². The lowest BCUT2D eigenvalue weighted by molar-refractivity contribution is 0.0202. The number of hydrogen-bond donors (Lipinski definition) is 3. The Morgan fingerprint density at radius 1 is 1.15 bits per heavy atom. The van der Waals surface area contributed by atoms with E-state index in [1.807, 2.05) is 0 Å². The first-order chi connectivity index (χ1) is 15.6. The van der Waals surface area contributed by atoms with E-state index >= 15 is 0 Å². The van der Waals surface area contributed by atoms with E-state index in [1.54, 1.807) is 5.57 Å². The van der Waals surface area contributed by atoms with Gasteiger partial charge in [0.15, 0.2) is 0 Å². The summed E-state index contributed by atoms with van der Waals surface area (Å²) >= 11 is 0. The van der Waals surface area contributed by atoms with Gasteiger partial charge >= 0.3 is 0 Å². The van der Waals surface area contributed by atoms with Gasteiger partial charge in [0.2, 0.25) is 0 Å². The number of hydrogen-bond acceptors (Lipinski definition) is 3. The molecule has 3 nitrogen and oxygen atoms in total. The van der Waals surface area contributed by atoms with E-state index in [2.05, 4.69) is 46.4 Å². The van der Waals surface area contributed by atoms with Gasteiger partial charge in [-0.2, -0.15) is 0 Å². The topological polar surface area (TPSA) is 60.7 Å². The summed E-state index contributed by atoms with van der Waals surface area (Å²) in [7, 11) is 0. The van der Waals surface area contributed by atoms with Crippen molar-refractivity contribution in [2.24, 2.45) is 23.2 Å². The van der Waals surface area contributed by atoms with Gasteiger partial charge in [0.1, 0.15) is 0 Å². The Hall–Kier alpha value is -0.900. The molecule has 0 bridgehead atoms. The second kappa shape index (κ2) is 11.2. The minimum absolute atomic E-state index is 0.387. The average molecular weight is 459 g/mol. The first-order valence-corrected chi connectivity index (χ1v) is 13.8. The molecule has 188 valence electrons. The smallest absolute Gasteiger partial charge is 0.0811 e. The molecule has 0 aromatic carbocycles. The van der Waals surface area contributed by atoms with Crippen LogP contribution in [-0.4, -0.2) is 33.1 Å². The fourth-order valence-corrected chi connectivity index (χ4v) is 7.40. The number of rotatable bonds is 9. The van der Waals surface area contributed by atoms with Crippen LogP contribution >= 0.6 is 0 Å². The first kappa shape index (κ1) is 26.7. The van der Waals surface area contributed by atoms with E-state index in [-0.39, 0.29) is 0 Å². The minimum atomic E-state index is -0.614. The molecular formula is C30H50O3. The molecule has 0 aliphatic heterocycles. The van der Waals surface area contributed by atoms with Crippen LogP contribution in [0.1, 0.15) is 111 Å². The predicted octanol–water partition coefficient (Wildman–Crippen LogP) is 6.88. The van der Waals surface area contributed by atoms with Crippen LogP contribution in [0, 0.1) is 23.2 Å². The summed E-state index contributed by atoms with van der Waals surface area (Å²) in [6, 6.07) is 0. The third kappa shape index (κ3) is 6.03. The summed E-state index contributed by atoms with van der Waals surface area (Å²) in [5.74, 6) is 2.17. The van der Waals surface area contributed by atoms with Crippen molar-refractivity contribution in [1.29, 1.82) is 0 Å². The molecular weight excluding hydrogens is 408 g/mol. The summed E-state index contributed by atoms with van der Waals surface area (Å²) in [5.41, 5.74) is 3.30. The second-order valence-corrected chi connectivity index (χ2v) is 11.8. The van der Waals surface area contributed by atoms with Crippen LogP contribution in [0.3, 0.4) is 0 Å². The molecule has 6 atom stereocenters. The van der Waals surface area contributed by atoms with Crippen molar-refractivity contribution in [2.75, 3.05) is 0 Å². The maximum Gasteiger partial charge on any atom is 0.0811 e. The van der Waals surface area contributed by atoms with Crippen molar-refractivity contribution >= 4 is 0 Å². The number of unbranched alkanes of at least 4 members (excludes halogenated alkanes) is 1. The van der Waals surface area contributed by atoms with Crippen LogP contribution in [0.15, 0.2) is 35.5 Å². The molecule has 3 heteroatoms. The van der Waals surface area contributed by atoms with Crippen LogP contribution in [0.4, 0.5) is 0 Å². The molecule has 0 spiro atoms. The van der Waals surface area contributed by atoms with Crippen LogP contribution in [0.25, 0.3) is 0 Å². The molecule has 0 aromatic heterocycles. The Kier molecular flexibility index (Phi) is 9.08. The van der Waals surface area contributed by atoms with Gasteiger partial charge < -0.3 is 15.3 Å². The number of aliphatic hydroxyl groups excluding tert-OH is 2. The van der Waals surface area contributed by atoms with E-state index in [4.69, 9.17) is 0 Å². The van der Waals surface area contributed by atoms with Gasteiger partial charge in [0.05, 0.1) is 17.8 Å². The molecule has 3 N–H and O–H groups in total. The summed E-state index contributed by atoms with van der Waals surface area (Å²) in [4.78, 5) is 0. The van der Waals surface area contributed by atoms with Crippen LogP contribution in [0.2, 0.25) is 0 Å². The number of fused-ring (bicyclic) bond motifs is 1. The zero-order valence-electron chi connectivity index (χ0n) is 21.8. The van der Waals surface area contributed by atoms with Crippen molar-refractivity contribution in [2.45, 2.75) is 129 Å². The molecule has 1 unspecified atom stereocenters. The Morgan fingerprint density at radius 3 is 2.58 bits per heavy atom. The highest BCUT2D eigenvalue weighted by atomic mass is 16.3. The second-order valence-electron chi connectivity index (χ2n) is 11.8. The third-order valence-electron chi connectivity index (χ3n) is 9.86. The highest BCUT2D eigenvalue weighted by Gasteiger charge is 2.50. The molecule has 3 aliphatic carbocycles. The average Bonchev–Trinajstić information content (AvgIpc) is 3.15. The van der Waals surface area contributed by atoms with Crippen molar-refractivity contribution in [1.82, 2.24) is 0 Å². The van der Waals surface area contributed by atoms with Crippen LogP contribution in [-0.2, 0) is 0 Å². The molecule has 0 aromatic rings. The summed E-state index contributed by atoms with van der Waals surface area (Å²) in [6.45, 7) is 13.3. The molecule has 0 saturated heterocycles. The van der Waals surface area contributed by atoms with E-state index in [0.29, 0.717) is 24.2 Å². The maximum atomic E-state index is 10.6. The first-order valence-electron chi connectivity index (χ1n) is 13.8. The summed E-state index contributed by atoms with van der Waals surface area (Å²) in [5, 5.41) is 30.8. The molecule has 3 saturated carbocycles. The minimum Gasteiger partial charge on any atom is -0.393 e. The van der Waals surface area contributed by atoms with Gasteiger partial charge in [-0.3, -0.25) is 0 Å². The molecule has 33 heavy (non-hydrogen) atoms. The van der Waals surface area contributed by atoms with Crippen LogP contribution in [0.5, 0.6) is 0 Å². The van der Waals surface area contributed by atoms with Gasteiger partial charge in [-0.1, -0.05) is 71.3 Å². The van der Waals surface area contributed by atoms with E-state index in [9.17, 15) is 15.3 Å². The van der Waals surface area contributed by atoms with Gasteiger partial charge in [0, 0.05) is 6.42 Å². The molecule has 3 fully saturated rings. The third-order valence-corrected chi connectivity index (χ3v) is 9.86. The van der Waals surface area contributed by atoms with E-state index in [0.717, 1.165) is 48.7 Å². The highest BCUT2D eigenvalue weighted by molar-refractivity contribution is 5.38. The molecule has 0 amide bonds. The lowest BCUT2D eigenvalue weighted by Crippen LogP contribution is -2.36. The summed E-state index contributed by atoms with van der Waals surface area (Å²) < 4.78 is 0. The van der Waals surface area contributed by atoms with Gasteiger partial charge in [-0.25, -0.2) is 0 Å². The number of aliphatic hydroxyl groups is 3. The zero-order chi connectivity index (χ0) is 24.2. The quantitative estimate of drug-likeness (QED) is 0.330. The van der Waals surface area contributed by atoms with E-state index < -0.39 is 17.8 Å². The monoisotopic (exact) mass is 458 g/mol.